The summed E-state index contributed by atoms with van der Waals surface area (Å²) >= 11 is 0. The van der Waals surface area contributed by atoms with E-state index in [-0.39, 0.29) is 38.0 Å². The molecule has 0 rings (SSSR count). The van der Waals surface area contributed by atoms with Crippen molar-refractivity contribution in [2.75, 3.05) is 13.2 Å². The Kier molecular flexibility index (Phi) is 40.8. The van der Waals surface area contributed by atoms with Crippen molar-refractivity contribution in [2.24, 2.45) is 0 Å². The maximum atomic E-state index is 12.7. The molecule has 0 aliphatic carbocycles. The molecule has 1 unspecified atom stereocenters. The number of hydrogen-bond donors (Lipinski definition) is 0. The standard InChI is InChI=1S/C51H76O6/c1-4-7-10-13-16-19-22-24-25-26-28-29-32-35-38-41-44-50(53)56-47-48(46-55-49(52)43-40-37-34-31-21-18-15-12-9-6-3)57-51(54)45-42-39-36-33-30-27-23-20-17-14-11-8-5-2/h7-8,10-11,14-20,23-25,27-30,33,35-36,38,48H,4-6,9,12-13,21-22,26,31-32,34,37,39-47H2,1-3H3/b10-7-,11-8-,17-14-,18-15-,19-16-,23-20-,25-24-,29-28-,30-27-,36-33-,38-35-. The molecule has 0 saturated heterocycles. The summed E-state index contributed by atoms with van der Waals surface area (Å²) in [6.07, 6.45) is 61.7. The van der Waals surface area contributed by atoms with E-state index in [9.17, 15) is 14.4 Å². The Morgan fingerprint density at radius 3 is 1.40 bits per heavy atom. The summed E-state index contributed by atoms with van der Waals surface area (Å²) in [5.41, 5.74) is 0. The van der Waals surface area contributed by atoms with Crippen molar-refractivity contribution in [1.29, 1.82) is 0 Å². The first-order valence-electron chi connectivity index (χ1n) is 21.8. The van der Waals surface area contributed by atoms with E-state index >= 15 is 0 Å². The topological polar surface area (TPSA) is 78.9 Å². The van der Waals surface area contributed by atoms with Crippen LogP contribution in [0.3, 0.4) is 0 Å². The summed E-state index contributed by atoms with van der Waals surface area (Å²) < 4.78 is 16.5. The van der Waals surface area contributed by atoms with E-state index in [0.717, 1.165) is 77.0 Å². The van der Waals surface area contributed by atoms with Crippen molar-refractivity contribution < 1.29 is 28.6 Å². The molecule has 57 heavy (non-hydrogen) atoms. The minimum absolute atomic E-state index is 0.141. The fourth-order valence-corrected chi connectivity index (χ4v) is 5.03. The number of esters is 3. The molecule has 0 heterocycles. The minimum atomic E-state index is -0.852. The number of unbranched alkanes of at least 4 members (excludes halogenated alkanes) is 7. The predicted octanol–water partition coefficient (Wildman–Crippen LogP) is 14.0. The van der Waals surface area contributed by atoms with Crippen molar-refractivity contribution >= 4 is 17.9 Å². The van der Waals surface area contributed by atoms with E-state index in [1.54, 1.807) is 0 Å². The second-order valence-electron chi connectivity index (χ2n) is 13.6. The number of rotatable bonds is 36. The third-order valence-corrected chi connectivity index (χ3v) is 8.26. The van der Waals surface area contributed by atoms with Crippen LogP contribution in [0.25, 0.3) is 0 Å². The van der Waals surface area contributed by atoms with Crippen LogP contribution in [-0.2, 0) is 28.6 Å². The maximum Gasteiger partial charge on any atom is 0.306 e. The van der Waals surface area contributed by atoms with Gasteiger partial charge in [-0.15, -0.1) is 0 Å². The summed E-state index contributed by atoms with van der Waals surface area (Å²) in [7, 11) is 0. The molecule has 1 atom stereocenters. The molecule has 0 amide bonds. The molecule has 0 aliphatic heterocycles. The lowest BCUT2D eigenvalue weighted by Gasteiger charge is -2.18. The number of carbonyl (C=O) groups is 3. The van der Waals surface area contributed by atoms with Gasteiger partial charge in [-0.05, 0) is 83.5 Å². The second kappa shape index (κ2) is 44.3. The average molecular weight is 785 g/mol. The van der Waals surface area contributed by atoms with Crippen LogP contribution in [0.15, 0.2) is 134 Å². The van der Waals surface area contributed by atoms with Crippen molar-refractivity contribution in [2.45, 2.75) is 155 Å². The van der Waals surface area contributed by atoms with Gasteiger partial charge in [-0.3, -0.25) is 14.4 Å². The van der Waals surface area contributed by atoms with Gasteiger partial charge in [-0.25, -0.2) is 0 Å². The summed E-state index contributed by atoms with van der Waals surface area (Å²) in [6, 6.07) is 0. The van der Waals surface area contributed by atoms with Crippen LogP contribution in [0.5, 0.6) is 0 Å². The van der Waals surface area contributed by atoms with Crippen LogP contribution in [0.2, 0.25) is 0 Å². The van der Waals surface area contributed by atoms with Gasteiger partial charge in [0, 0.05) is 19.3 Å². The first-order valence-corrected chi connectivity index (χ1v) is 21.8. The van der Waals surface area contributed by atoms with Crippen LogP contribution in [-0.4, -0.2) is 37.2 Å². The molecule has 6 heteroatoms. The monoisotopic (exact) mass is 785 g/mol. The van der Waals surface area contributed by atoms with Crippen molar-refractivity contribution in [3.63, 3.8) is 0 Å². The van der Waals surface area contributed by atoms with E-state index in [1.165, 1.54) is 12.8 Å². The molecule has 0 aromatic carbocycles. The Balaban J connectivity index is 4.66. The molecule has 0 aromatic heterocycles. The van der Waals surface area contributed by atoms with Gasteiger partial charge in [0.15, 0.2) is 6.10 Å². The summed E-state index contributed by atoms with van der Waals surface area (Å²) in [4.78, 5) is 37.6. The molecule has 0 N–H and O–H groups in total. The quantitative estimate of drug-likeness (QED) is 0.0207. The molecule has 0 aliphatic rings. The molecular weight excluding hydrogens is 709 g/mol. The first-order chi connectivity index (χ1) is 28.0. The first kappa shape index (κ1) is 52.5. The molecule has 0 bridgehead atoms. The number of carbonyl (C=O) groups excluding carboxylic acids is 3. The zero-order valence-electron chi connectivity index (χ0n) is 35.8. The Morgan fingerprint density at radius 2 is 0.825 bits per heavy atom. The SMILES string of the molecule is CC\C=C/C=C\C=C/C=C\C=C/CCCC(=O)OC(COC(=O)CC/C=C\C/C=C\C/C=C\C/C=C\C/C=C\CC)COC(=O)CCCCCC/C=C\CCCC. The Labute approximate surface area is 347 Å². The average Bonchev–Trinajstić information content (AvgIpc) is 3.21. The largest absolute Gasteiger partial charge is 0.462 e. The lowest BCUT2D eigenvalue weighted by Crippen LogP contribution is -2.30. The van der Waals surface area contributed by atoms with Crippen molar-refractivity contribution in [3.05, 3.63) is 134 Å². The van der Waals surface area contributed by atoms with Gasteiger partial charge < -0.3 is 14.2 Å². The normalized spacial score (nSPS) is 13.4. The van der Waals surface area contributed by atoms with Gasteiger partial charge in [0.1, 0.15) is 13.2 Å². The van der Waals surface area contributed by atoms with Crippen molar-refractivity contribution in [1.82, 2.24) is 0 Å². The molecule has 0 aromatic rings. The molecular formula is C51H76O6. The smallest absolute Gasteiger partial charge is 0.306 e. The van der Waals surface area contributed by atoms with Gasteiger partial charge >= 0.3 is 17.9 Å². The van der Waals surface area contributed by atoms with Gasteiger partial charge in [0.2, 0.25) is 0 Å². The molecule has 6 nitrogen and oxygen atoms in total. The molecule has 316 valence electrons. The Morgan fingerprint density at radius 1 is 0.386 bits per heavy atom. The van der Waals surface area contributed by atoms with Gasteiger partial charge in [-0.1, -0.05) is 180 Å². The zero-order valence-corrected chi connectivity index (χ0v) is 35.8. The molecule has 0 spiro atoms. The number of hydrogen-bond acceptors (Lipinski definition) is 6. The van der Waals surface area contributed by atoms with E-state index < -0.39 is 12.1 Å². The van der Waals surface area contributed by atoms with E-state index in [0.29, 0.717) is 25.7 Å². The van der Waals surface area contributed by atoms with Crippen LogP contribution in [0.1, 0.15) is 149 Å². The van der Waals surface area contributed by atoms with E-state index in [2.05, 4.69) is 87.6 Å². The summed E-state index contributed by atoms with van der Waals surface area (Å²) in [6.45, 7) is 6.14. The highest BCUT2D eigenvalue weighted by Gasteiger charge is 2.19. The van der Waals surface area contributed by atoms with E-state index in [4.69, 9.17) is 14.2 Å². The van der Waals surface area contributed by atoms with E-state index in [1.807, 2.05) is 66.8 Å². The molecule has 0 fully saturated rings. The lowest BCUT2D eigenvalue weighted by atomic mass is 10.1. The van der Waals surface area contributed by atoms with Crippen LogP contribution in [0.4, 0.5) is 0 Å². The lowest BCUT2D eigenvalue weighted by molar-refractivity contribution is -0.166. The van der Waals surface area contributed by atoms with Gasteiger partial charge in [-0.2, -0.15) is 0 Å². The third kappa shape index (κ3) is 42.5. The highest BCUT2D eigenvalue weighted by Crippen LogP contribution is 2.10. The fourth-order valence-electron chi connectivity index (χ4n) is 5.03. The Hall–Kier alpha value is -4.45. The highest BCUT2D eigenvalue weighted by molar-refractivity contribution is 5.71. The predicted molar refractivity (Wildman–Crippen MR) is 242 cm³/mol. The second-order valence-corrected chi connectivity index (χ2v) is 13.6. The van der Waals surface area contributed by atoms with Crippen LogP contribution < -0.4 is 0 Å². The van der Waals surface area contributed by atoms with Crippen molar-refractivity contribution in [3.8, 4) is 0 Å². The van der Waals surface area contributed by atoms with Crippen LogP contribution >= 0.6 is 0 Å². The maximum absolute atomic E-state index is 12.7. The summed E-state index contributed by atoms with van der Waals surface area (Å²) in [5, 5.41) is 0. The number of allylic oxidation sites excluding steroid dienone is 22. The molecule has 0 radical (unpaired) electrons. The zero-order chi connectivity index (χ0) is 41.5. The summed E-state index contributed by atoms with van der Waals surface area (Å²) in [5.74, 6) is -1.14. The Bertz CT molecular complexity index is 1320. The third-order valence-electron chi connectivity index (χ3n) is 8.26. The van der Waals surface area contributed by atoms with Crippen LogP contribution in [0, 0.1) is 0 Å². The number of ether oxygens (including phenoxy) is 3. The minimum Gasteiger partial charge on any atom is -0.462 e. The van der Waals surface area contributed by atoms with Gasteiger partial charge in [0.05, 0.1) is 0 Å². The molecule has 0 saturated carbocycles. The van der Waals surface area contributed by atoms with Gasteiger partial charge in [0.25, 0.3) is 0 Å². The highest BCUT2D eigenvalue weighted by atomic mass is 16.6. The fraction of sp³-hybridized carbons (Fsp3) is 0.510.